The van der Waals surface area contributed by atoms with E-state index in [1.165, 1.54) is 0 Å². The molecule has 86 valence electrons. The highest BCUT2D eigenvalue weighted by molar-refractivity contribution is 6.45. The first-order chi connectivity index (χ1) is 8.20. The number of hydrogen-bond donors (Lipinski definition) is 0. The third kappa shape index (κ3) is 1.37. The molecule has 4 nitrogen and oxygen atoms in total. The number of hydrogen-bond acceptors (Lipinski definition) is 4. The summed E-state index contributed by atoms with van der Waals surface area (Å²) in [4.78, 5) is 22.8. The molecule has 1 aliphatic carbocycles. The predicted octanol–water partition coefficient (Wildman–Crippen LogP) is 1.48. The molecule has 4 heteroatoms. The Kier molecular flexibility index (Phi) is 2.04. The molecule has 17 heavy (non-hydrogen) atoms. The van der Waals surface area contributed by atoms with Gasteiger partial charge in [0.15, 0.2) is 0 Å². The second kappa shape index (κ2) is 3.45. The molecule has 1 aromatic carbocycles. The Balaban J connectivity index is 2.17. The van der Waals surface area contributed by atoms with Crippen LogP contribution in [0.4, 0.5) is 0 Å². The molecule has 0 aromatic heterocycles. The number of methoxy groups -OCH3 is 1. The Labute approximate surface area is 97.8 Å². The topological polar surface area (TPSA) is 52.6 Å². The molecule has 0 atom stereocenters. The van der Waals surface area contributed by atoms with E-state index < -0.39 is 11.8 Å². The number of ether oxygens (including phenoxy) is 2. The van der Waals surface area contributed by atoms with E-state index in [4.69, 9.17) is 9.47 Å². The molecular weight excluding hydrogens is 220 g/mol. The van der Waals surface area contributed by atoms with Crippen LogP contribution in [0.5, 0.6) is 5.75 Å². The zero-order valence-electron chi connectivity index (χ0n) is 9.28. The number of benzene rings is 1. The van der Waals surface area contributed by atoms with E-state index in [1.807, 2.05) is 12.1 Å². The van der Waals surface area contributed by atoms with Gasteiger partial charge in [-0.25, -0.2) is 4.79 Å². The smallest absolute Gasteiger partial charge is 0.384 e. The lowest BCUT2D eigenvalue weighted by molar-refractivity contribution is -0.144. The van der Waals surface area contributed by atoms with Crippen molar-refractivity contribution in [3.8, 4) is 5.75 Å². The number of aryl methyl sites for hydroxylation is 1. The van der Waals surface area contributed by atoms with Gasteiger partial charge in [0, 0.05) is 5.56 Å². The molecule has 0 fully saturated rings. The summed E-state index contributed by atoms with van der Waals surface area (Å²) in [6.07, 6.45) is 1.32. The number of Topliss-reactive ketones (excluding diaryl/α,β-unsaturated/α-hetero) is 1. The molecule has 1 heterocycles. The van der Waals surface area contributed by atoms with Crippen LogP contribution < -0.4 is 4.74 Å². The van der Waals surface area contributed by atoms with Crippen LogP contribution in [0.15, 0.2) is 23.8 Å². The van der Waals surface area contributed by atoms with E-state index in [1.54, 1.807) is 13.2 Å². The van der Waals surface area contributed by atoms with Gasteiger partial charge >= 0.3 is 5.97 Å². The van der Waals surface area contributed by atoms with Gasteiger partial charge in [-0.2, -0.15) is 0 Å². The number of carbonyl (C=O) groups excluding carboxylic acids is 2. The Morgan fingerprint density at radius 3 is 2.82 bits per heavy atom. The van der Waals surface area contributed by atoms with Crippen LogP contribution in [0.2, 0.25) is 0 Å². The largest absolute Gasteiger partial charge is 0.497 e. The zero-order chi connectivity index (χ0) is 12.0. The van der Waals surface area contributed by atoms with Crippen molar-refractivity contribution in [1.82, 2.24) is 0 Å². The molecule has 0 spiro atoms. The van der Waals surface area contributed by atoms with E-state index in [0.29, 0.717) is 23.5 Å². The van der Waals surface area contributed by atoms with Crippen molar-refractivity contribution in [3.63, 3.8) is 0 Å². The van der Waals surface area contributed by atoms with Crippen LogP contribution in [0.25, 0.3) is 5.76 Å². The molecule has 0 saturated carbocycles. The van der Waals surface area contributed by atoms with Gasteiger partial charge in [0.2, 0.25) is 0 Å². The van der Waals surface area contributed by atoms with Crippen LogP contribution in [-0.2, 0) is 20.7 Å². The lowest BCUT2D eigenvalue weighted by Gasteiger charge is -2.16. The highest BCUT2D eigenvalue weighted by Gasteiger charge is 2.37. The van der Waals surface area contributed by atoms with E-state index in [0.717, 1.165) is 17.5 Å². The first-order valence-corrected chi connectivity index (χ1v) is 5.37. The Morgan fingerprint density at radius 1 is 1.24 bits per heavy atom. The Bertz CT molecular complexity index is 569. The van der Waals surface area contributed by atoms with E-state index in [2.05, 4.69) is 0 Å². The fraction of sp³-hybridized carbons (Fsp3) is 0.231. The monoisotopic (exact) mass is 230 g/mol. The average Bonchev–Trinajstić information content (AvgIpc) is 2.65. The normalized spacial score (nSPS) is 17.7. The summed E-state index contributed by atoms with van der Waals surface area (Å²) in [6.45, 7) is 0. The number of esters is 1. The molecule has 3 rings (SSSR count). The van der Waals surface area contributed by atoms with E-state index in [9.17, 15) is 9.59 Å². The number of ketones is 1. The molecule has 1 aromatic rings. The first-order valence-electron chi connectivity index (χ1n) is 5.37. The zero-order valence-corrected chi connectivity index (χ0v) is 9.28. The van der Waals surface area contributed by atoms with Crippen LogP contribution in [0.1, 0.15) is 17.5 Å². The van der Waals surface area contributed by atoms with Crippen LogP contribution >= 0.6 is 0 Å². The predicted molar refractivity (Wildman–Crippen MR) is 59.3 cm³/mol. The van der Waals surface area contributed by atoms with Crippen molar-refractivity contribution in [2.24, 2.45) is 0 Å². The summed E-state index contributed by atoms with van der Waals surface area (Å²) < 4.78 is 10.2. The lowest BCUT2D eigenvalue weighted by Crippen LogP contribution is -2.10. The van der Waals surface area contributed by atoms with Gasteiger partial charge in [-0.3, -0.25) is 4.79 Å². The molecule has 0 bridgehead atoms. The minimum atomic E-state index is -0.773. The van der Waals surface area contributed by atoms with Gasteiger partial charge in [-0.1, -0.05) is 6.07 Å². The molecule has 2 aliphatic rings. The van der Waals surface area contributed by atoms with Crippen LogP contribution in [-0.4, -0.2) is 18.9 Å². The SMILES string of the molecule is COc1ccc2c(c1)C1=C(CC2)C(=O)C(=O)O1. The Morgan fingerprint density at radius 2 is 2.06 bits per heavy atom. The maximum Gasteiger partial charge on any atom is 0.384 e. The van der Waals surface area contributed by atoms with Crippen molar-refractivity contribution in [2.75, 3.05) is 7.11 Å². The van der Waals surface area contributed by atoms with E-state index in [-0.39, 0.29) is 0 Å². The van der Waals surface area contributed by atoms with Crippen molar-refractivity contribution in [3.05, 3.63) is 34.9 Å². The molecule has 1 aliphatic heterocycles. The van der Waals surface area contributed by atoms with Gasteiger partial charge in [-0.15, -0.1) is 0 Å². The summed E-state index contributed by atoms with van der Waals surface area (Å²) in [7, 11) is 1.58. The lowest BCUT2D eigenvalue weighted by atomic mass is 9.90. The summed E-state index contributed by atoms with van der Waals surface area (Å²) in [5.41, 5.74) is 2.37. The third-order valence-electron chi connectivity index (χ3n) is 3.13. The average molecular weight is 230 g/mol. The number of rotatable bonds is 1. The minimum Gasteiger partial charge on any atom is -0.497 e. The van der Waals surface area contributed by atoms with Gasteiger partial charge in [-0.05, 0) is 30.5 Å². The van der Waals surface area contributed by atoms with Crippen LogP contribution in [0.3, 0.4) is 0 Å². The van der Waals surface area contributed by atoms with Crippen molar-refractivity contribution >= 4 is 17.5 Å². The summed E-state index contributed by atoms with van der Waals surface area (Å²) in [5, 5.41) is 0. The fourth-order valence-corrected chi connectivity index (χ4v) is 2.24. The molecule has 0 radical (unpaired) electrons. The number of carbonyl (C=O) groups is 2. The maximum absolute atomic E-state index is 11.5. The molecule has 0 N–H and O–H groups in total. The second-order valence-corrected chi connectivity index (χ2v) is 4.05. The summed E-state index contributed by atoms with van der Waals surface area (Å²) >= 11 is 0. The summed E-state index contributed by atoms with van der Waals surface area (Å²) in [6, 6.07) is 5.60. The van der Waals surface area contributed by atoms with Crippen molar-refractivity contribution in [1.29, 1.82) is 0 Å². The van der Waals surface area contributed by atoms with Gasteiger partial charge in [0.1, 0.15) is 11.5 Å². The highest BCUT2D eigenvalue weighted by Crippen LogP contribution is 2.38. The van der Waals surface area contributed by atoms with Gasteiger partial charge in [0.05, 0.1) is 12.7 Å². The quantitative estimate of drug-likeness (QED) is 0.541. The molecular formula is C13H10O4. The molecule has 0 unspecified atom stereocenters. The van der Waals surface area contributed by atoms with Crippen LogP contribution in [0, 0.1) is 0 Å². The molecule has 0 saturated heterocycles. The minimum absolute atomic E-state index is 0.417. The van der Waals surface area contributed by atoms with Gasteiger partial charge in [0.25, 0.3) is 5.78 Å². The van der Waals surface area contributed by atoms with Gasteiger partial charge < -0.3 is 9.47 Å². The van der Waals surface area contributed by atoms with Crippen molar-refractivity contribution < 1.29 is 19.1 Å². The standard InChI is InChI=1S/C13H10O4/c1-16-8-4-2-7-3-5-9-11(14)13(15)17-12(9)10(7)6-8/h2,4,6H,3,5H2,1H3. The summed E-state index contributed by atoms with van der Waals surface area (Å²) in [5.74, 6) is -0.174. The second-order valence-electron chi connectivity index (χ2n) is 4.05. The maximum atomic E-state index is 11.5. The fourth-order valence-electron chi connectivity index (χ4n) is 2.24. The van der Waals surface area contributed by atoms with E-state index >= 15 is 0 Å². The highest BCUT2D eigenvalue weighted by atomic mass is 16.5. The molecule has 0 amide bonds. The first kappa shape index (κ1) is 10.1. The number of fused-ring (bicyclic) bond motifs is 2. The van der Waals surface area contributed by atoms with Crippen molar-refractivity contribution in [2.45, 2.75) is 12.8 Å². The third-order valence-corrected chi connectivity index (χ3v) is 3.13. The Hall–Kier alpha value is -2.10.